The molecule has 0 bridgehead atoms. The summed E-state index contributed by atoms with van der Waals surface area (Å²) in [5.41, 5.74) is 1.64. The molecular weight excluding hydrogens is 254 g/mol. The smallest absolute Gasteiger partial charge is 0.244 e. The number of anilines is 2. The van der Waals surface area contributed by atoms with Crippen LogP contribution in [0.3, 0.4) is 0 Å². The van der Waals surface area contributed by atoms with Gasteiger partial charge in [-0.25, -0.2) is 0 Å². The predicted molar refractivity (Wildman–Crippen MR) is 77.7 cm³/mol. The first-order valence-electron chi connectivity index (χ1n) is 7.08. The van der Waals surface area contributed by atoms with Gasteiger partial charge < -0.3 is 15.5 Å². The maximum Gasteiger partial charge on any atom is 0.244 e. The molecule has 2 aliphatic rings. The Bertz CT molecular complexity index is 522. The van der Waals surface area contributed by atoms with Gasteiger partial charge in [-0.15, -0.1) is 0 Å². The number of amides is 2. The first-order valence-corrected chi connectivity index (χ1v) is 7.08. The van der Waals surface area contributed by atoms with E-state index in [9.17, 15) is 9.59 Å². The summed E-state index contributed by atoms with van der Waals surface area (Å²) in [5, 5.41) is 6.11. The molecule has 106 valence electrons. The van der Waals surface area contributed by atoms with E-state index in [4.69, 9.17) is 0 Å². The fourth-order valence-electron chi connectivity index (χ4n) is 2.55. The summed E-state index contributed by atoms with van der Waals surface area (Å²) in [6.45, 7) is 2.23. The van der Waals surface area contributed by atoms with E-state index >= 15 is 0 Å². The number of hydrogen-bond donors (Lipinski definition) is 2. The van der Waals surface area contributed by atoms with Crippen molar-refractivity contribution in [2.75, 3.05) is 16.8 Å². The van der Waals surface area contributed by atoms with Gasteiger partial charge in [0.05, 0.1) is 6.04 Å². The Morgan fingerprint density at radius 3 is 2.50 bits per heavy atom. The highest BCUT2D eigenvalue weighted by Crippen LogP contribution is 2.26. The van der Waals surface area contributed by atoms with Crippen LogP contribution >= 0.6 is 0 Å². The Hall–Kier alpha value is -1.88. The minimum atomic E-state index is -0.0938. The molecule has 1 aromatic carbocycles. The number of nitrogens with one attached hydrogen (secondary N) is 2. The van der Waals surface area contributed by atoms with Crippen molar-refractivity contribution in [3.8, 4) is 0 Å². The van der Waals surface area contributed by atoms with Crippen molar-refractivity contribution in [1.82, 2.24) is 5.32 Å². The number of carbonyl (C=O) groups is 2. The van der Waals surface area contributed by atoms with Gasteiger partial charge in [-0.3, -0.25) is 9.59 Å². The summed E-state index contributed by atoms with van der Waals surface area (Å²) in [7, 11) is 0. The summed E-state index contributed by atoms with van der Waals surface area (Å²) in [5.74, 6) is 0.0628. The molecule has 1 saturated carbocycles. The molecule has 2 fully saturated rings. The van der Waals surface area contributed by atoms with Crippen LogP contribution in [0.5, 0.6) is 0 Å². The van der Waals surface area contributed by atoms with E-state index in [1.165, 1.54) is 19.8 Å². The average Bonchev–Trinajstić information content (AvgIpc) is 3.15. The average molecular weight is 273 g/mol. The lowest BCUT2D eigenvalue weighted by Gasteiger charge is -2.17. The number of hydrogen-bond acceptors (Lipinski definition) is 3. The monoisotopic (exact) mass is 273 g/mol. The molecule has 1 heterocycles. The summed E-state index contributed by atoms with van der Waals surface area (Å²) in [6.07, 6.45) is 3.24. The van der Waals surface area contributed by atoms with Gasteiger partial charge in [0.2, 0.25) is 11.8 Å². The molecule has 2 N–H and O–H groups in total. The van der Waals surface area contributed by atoms with Gasteiger partial charge in [0.25, 0.3) is 0 Å². The second kappa shape index (κ2) is 5.25. The Kier molecular flexibility index (Phi) is 3.44. The molecule has 1 aliphatic carbocycles. The molecule has 0 aromatic heterocycles. The molecule has 0 radical (unpaired) electrons. The summed E-state index contributed by atoms with van der Waals surface area (Å²) in [4.78, 5) is 25.1. The maximum absolute atomic E-state index is 12.3. The van der Waals surface area contributed by atoms with Crippen molar-refractivity contribution in [3.05, 3.63) is 24.3 Å². The van der Waals surface area contributed by atoms with Crippen LogP contribution in [0.1, 0.15) is 26.2 Å². The highest BCUT2D eigenvalue weighted by atomic mass is 16.2. The maximum atomic E-state index is 12.3. The quantitative estimate of drug-likeness (QED) is 0.874. The van der Waals surface area contributed by atoms with E-state index < -0.39 is 0 Å². The van der Waals surface area contributed by atoms with E-state index in [0.717, 1.165) is 24.3 Å². The van der Waals surface area contributed by atoms with Crippen molar-refractivity contribution >= 4 is 23.2 Å². The van der Waals surface area contributed by atoms with Gasteiger partial charge in [0.15, 0.2) is 0 Å². The Labute approximate surface area is 118 Å². The van der Waals surface area contributed by atoms with Crippen LogP contribution in [0.15, 0.2) is 24.3 Å². The largest absolute Gasteiger partial charge is 0.326 e. The molecule has 0 spiro atoms. The third-order valence-corrected chi connectivity index (χ3v) is 3.72. The number of carbonyl (C=O) groups excluding carboxylic acids is 2. The van der Waals surface area contributed by atoms with Gasteiger partial charge in [0, 0.05) is 30.9 Å². The van der Waals surface area contributed by atoms with Crippen LogP contribution in [-0.2, 0) is 9.59 Å². The minimum absolute atomic E-state index is 0.0301. The molecule has 2 amide bonds. The van der Waals surface area contributed by atoms with Crippen molar-refractivity contribution in [3.63, 3.8) is 0 Å². The van der Waals surface area contributed by atoms with Crippen molar-refractivity contribution in [1.29, 1.82) is 0 Å². The van der Waals surface area contributed by atoms with Gasteiger partial charge in [-0.05, 0) is 43.5 Å². The fourth-order valence-corrected chi connectivity index (χ4v) is 2.55. The van der Waals surface area contributed by atoms with Gasteiger partial charge in [0.1, 0.15) is 0 Å². The van der Waals surface area contributed by atoms with Crippen LogP contribution < -0.4 is 15.5 Å². The lowest BCUT2D eigenvalue weighted by atomic mass is 10.2. The van der Waals surface area contributed by atoms with Crippen LogP contribution in [-0.4, -0.2) is 30.4 Å². The van der Waals surface area contributed by atoms with Crippen LogP contribution in [0.4, 0.5) is 11.4 Å². The van der Waals surface area contributed by atoms with Crippen molar-refractivity contribution in [2.24, 2.45) is 0 Å². The number of benzene rings is 1. The molecule has 20 heavy (non-hydrogen) atoms. The summed E-state index contributed by atoms with van der Waals surface area (Å²) in [6, 6.07) is 7.92. The predicted octanol–water partition coefficient (Wildman–Crippen LogP) is 1.50. The second-order valence-electron chi connectivity index (χ2n) is 5.50. The topological polar surface area (TPSA) is 61.4 Å². The Balaban J connectivity index is 1.66. The van der Waals surface area contributed by atoms with Crippen LogP contribution in [0, 0.1) is 0 Å². The first kappa shape index (κ1) is 13.1. The molecule has 1 unspecified atom stereocenters. The van der Waals surface area contributed by atoms with E-state index in [0.29, 0.717) is 6.04 Å². The molecule has 1 atom stereocenters. The van der Waals surface area contributed by atoms with Crippen LogP contribution in [0.2, 0.25) is 0 Å². The molecule has 3 rings (SSSR count). The molecule has 1 saturated heterocycles. The zero-order chi connectivity index (χ0) is 14.1. The third kappa shape index (κ3) is 2.82. The molecule has 1 aromatic rings. The third-order valence-electron chi connectivity index (χ3n) is 3.72. The van der Waals surface area contributed by atoms with E-state index in [1.807, 2.05) is 29.2 Å². The van der Waals surface area contributed by atoms with Crippen molar-refractivity contribution < 1.29 is 9.59 Å². The van der Waals surface area contributed by atoms with Crippen LogP contribution in [0.25, 0.3) is 0 Å². The zero-order valence-electron chi connectivity index (χ0n) is 11.6. The molecular formula is C15H19N3O2. The lowest BCUT2D eigenvalue weighted by Crippen LogP contribution is -2.39. The molecule has 5 heteroatoms. The molecule has 1 aliphatic heterocycles. The summed E-state index contributed by atoms with van der Waals surface area (Å²) >= 11 is 0. The van der Waals surface area contributed by atoms with Gasteiger partial charge in [-0.2, -0.15) is 0 Å². The lowest BCUT2D eigenvalue weighted by molar-refractivity contribution is -0.119. The van der Waals surface area contributed by atoms with Crippen molar-refractivity contribution in [2.45, 2.75) is 38.3 Å². The van der Waals surface area contributed by atoms with Gasteiger partial charge >= 0.3 is 0 Å². The second-order valence-corrected chi connectivity index (χ2v) is 5.50. The summed E-state index contributed by atoms with van der Waals surface area (Å²) < 4.78 is 0. The number of rotatable bonds is 4. The fraction of sp³-hybridized carbons (Fsp3) is 0.467. The SMILES string of the molecule is CC(=O)Nc1ccc(N2CCC(NC3CC3)C2=O)cc1. The van der Waals surface area contributed by atoms with E-state index in [1.54, 1.807) is 0 Å². The Morgan fingerprint density at radius 2 is 1.90 bits per heavy atom. The normalized spacial score (nSPS) is 22.1. The number of nitrogens with zero attached hydrogens (tertiary/aromatic N) is 1. The zero-order valence-corrected chi connectivity index (χ0v) is 11.6. The van der Waals surface area contributed by atoms with E-state index in [2.05, 4.69) is 10.6 Å². The van der Waals surface area contributed by atoms with Gasteiger partial charge in [-0.1, -0.05) is 0 Å². The minimum Gasteiger partial charge on any atom is -0.326 e. The Morgan fingerprint density at radius 1 is 1.20 bits per heavy atom. The standard InChI is InChI=1S/C15H19N3O2/c1-10(19)16-11-4-6-13(7-5-11)18-9-8-14(15(18)20)17-12-2-3-12/h4-7,12,14,17H,2-3,8-9H2,1H3,(H,16,19). The highest BCUT2D eigenvalue weighted by molar-refractivity contribution is 5.99. The highest BCUT2D eigenvalue weighted by Gasteiger charge is 2.36. The molecule has 5 nitrogen and oxygen atoms in total. The first-order chi connectivity index (χ1) is 9.63. The van der Waals surface area contributed by atoms with E-state index in [-0.39, 0.29) is 17.9 Å².